The Labute approximate surface area is 94.3 Å². The molecule has 3 nitrogen and oxygen atoms in total. The van der Waals surface area contributed by atoms with Gasteiger partial charge in [-0.3, -0.25) is 4.79 Å². The van der Waals surface area contributed by atoms with Gasteiger partial charge in [0, 0.05) is 11.8 Å². The van der Waals surface area contributed by atoms with Crippen LogP contribution in [0.4, 0.5) is 0 Å². The molecule has 0 radical (unpaired) electrons. The van der Waals surface area contributed by atoms with E-state index in [1.54, 1.807) is 12.3 Å². The lowest BCUT2D eigenvalue weighted by Crippen LogP contribution is -2.05. The smallest absolute Gasteiger partial charge is 0.209 e. The second-order valence-corrected chi connectivity index (χ2v) is 3.65. The van der Waals surface area contributed by atoms with E-state index in [9.17, 15) is 4.79 Å². The summed E-state index contributed by atoms with van der Waals surface area (Å²) >= 11 is 0. The minimum absolute atomic E-state index is 0.0175. The summed E-state index contributed by atoms with van der Waals surface area (Å²) in [5.41, 5.74) is 7.91. The molecule has 0 aliphatic rings. The van der Waals surface area contributed by atoms with Crippen molar-refractivity contribution in [3.05, 3.63) is 59.4 Å². The van der Waals surface area contributed by atoms with E-state index in [-0.39, 0.29) is 5.78 Å². The van der Waals surface area contributed by atoms with Crippen molar-refractivity contribution >= 4 is 5.78 Å². The van der Waals surface area contributed by atoms with Crippen LogP contribution < -0.4 is 5.73 Å². The molecule has 1 aromatic carbocycles. The number of aromatic nitrogens is 1. The highest BCUT2D eigenvalue weighted by atomic mass is 16.1. The number of hydrogen-bond acceptors (Lipinski definition) is 2. The normalized spacial score (nSPS) is 10.3. The van der Waals surface area contributed by atoms with Crippen LogP contribution in [0.25, 0.3) is 0 Å². The van der Waals surface area contributed by atoms with Crippen LogP contribution in [0.3, 0.4) is 0 Å². The Kier molecular flexibility index (Phi) is 3.17. The maximum Gasteiger partial charge on any atom is 0.209 e. The number of carbonyl (C=O) groups excluding carboxylic acids is 1. The molecular weight excluding hydrogens is 200 g/mol. The van der Waals surface area contributed by atoms with Gasteiger partial charge in [-0.2, -0.15) is 0 Å². The van der Waals surface area contributed by atoms with Crippen molar-refractivity contribution in [1.29, 1.82) is 0 Å². The predicted octanol–water partition coefficient (Wildman–Crippen LogP) is 1.75. The Hall–Kier alpha value is -1.87. The number of hydrogen-bond donors (Lipinski definition) is 2. The molecule has 0 fully saturated rings. The van der Waals surface area contributed by atoms with E-state index in [0.29, 0.717) is 17.8 Å². The number of ketones is 1. The summed E-state index contributed by atoms with van der Waals surface area (Å²) < 4.78 is 0. The number of carbonyl (C=O) groups is 1. The lowest BCUT2D eigenvalue weighted by atomic mass is 10.0. The standard InChI is InChI=1S/C13H14N2O/c14-7-6-10-3-1-4-11(9-10)13(16)12-5-2-8-15-12/h1-5,8-9,15H,6-7,14H2. The average Bonchev–Trinajstić information content (AvgIpc) is 2.82. The summed E-state index contributed by atoms with van der Waals surface area (Å²) in [6.07, 6.45) is 2.54. The van der Waals surface area contributed by atoms with E-state index < -0.39 is 0 Å². The van der Waals surface area contributed by atoms with Crippen LogP contribution in [-0.4, -0.2) is 17.3 Å². The van der Waals surface area contributed by atoms with Crippen molar-refractivity contribution in [3.63, 3.8) is 0 Å². The monoisotopic (exact) mass is 214 g/mol. The molecule has 0 amide bonds. The van der Waals surface area contributed by atoms with Gasteiger partial charge in [-0.1, -0.05) is 18.2 Å². The molecule has 3 heteroatoms. The minimum atomic E-state index is 0.0175. The molecular formula is C13H14N2O. The SMILES string of the molecule is NCCc1cccc(C(=O)c2ccc[nH]2)c1. The first-order valence-corrected chi connectivity index (χ1v) is 5.28. The van der Waals surface area contributed by atoms with Gasteiger partial charge in [-0.05, 0) is 36.7 Å². The number of nitrogens with one attached hydrogen (secondary N) is 1. The second kappa shape index (κ2) is 4.77. The van der Waals surface area contributed by atoms with Crippen LogP contribution in [0.15, 0.2) is 42.6 Å². The van der Waals surface area contributed by atoms with Gasteiger partial charge >= 0.3 is 0 Å². The van der Waals surface area contributed by atoms with Crippen LogP contribution in [0.2, 0.25) is 0 Å². The van der Waals surface area contributed by atoms with Gasteiger partial charge < -0.3 is 10.7 Å². The highest BCUT2D eigenvalue weighted by Gasteiger charge is 2.09. The van der Waals surface area contributed by atoms with Gasteiger partial charge in [0.05, 0.1) is 5.69 Å². The van der Waals surface area contributed by atoms with E-state index in [1.165, 1.54) is 0 Å². The molecule has 82 valence electrons. The molecule has 1 heterocycles. The largest absolute Gasteiger partial charge is 0.359 e. The van der Waals surface area contributed by atoms with Gasteiger partial charge in [-0.15, -0.1) is 0 Å². The number of benzene rings is 1. The number of aromatic amines is 1. The third-order valence-corrected chi connectivity index (χ3v) is 2.46. The molecule has 1 aromatic heterocycles. The van der Waals surface area contributed by atoms with Crippen molar-refractivity contribution in [2.45, 2.75) is 6.42 Å². The minimum Gasteiger partial charge on any atom is -0.359 e. The summed E-state index contributed by atoms with van der Waals surface area (Å²) in [7, 11) is 0. The van der Waals surface area contributed by atoms with Gasteiger partial charge in [0.1, 0.15) is 0 Å². The first-order chi connectivity index (χ1) is 7.81. The van der Waals surface area contributed by atoms with Crippen molar-refractivity contribution in [1.82, 2.24) is 4.98 Å². The van der Waals surface area contributed by atoms with Gasteiger partial charge in [0.25, 0.3) is 0 Å². The Morgan fingerprint density at radius 2 is 2.12 bits per heavy atom. The molecule has 2 rings (SSSR count). The molecule has 3 N–H and O–H groups in total. The van der Waals surface area contributed by atoms with Crippen molar-refractivity contribution < 1.29 is 4.79 Å². The molecule has 0 bridgehead atoms. The fourth-order valence-corrected chi connectivity index (χ4v) is 1.66. The Bertz CT molecular complexity index is 474. The maximum atomic E-state index is 12.0. The predicted molar refractivity (Wildman–Crippen MR) is 63.4 cm³/mol. The lowest BCUT2D eigenvalue weighted by molar-refractivity contribution is 0.103. The molecule has 0 spiro atoms. The van der Waals surface area contributed by atoms with Crippen LogP contribution >= 0.6 is 0 Å². The summed E-state index contributed by atoms with van der Waals surface area (Å²) in [5.74, 6) is 0.0175. The van der Waals surface area contributed by atoms with Gasteiger partial charge in [-0.25, -0.2) is 0 Å². The molecule has 0 saturated heterocycles. The molecule has 0 aliphatic heterocycles. The van der Waals surface area contributed by atoms with Crippen molar-refractivity contribution in [2.75, 3.05) is 6.54 Å². The first kappa shape index (κ1) is 10.6. The maximum absolute atomic E-state index is 12.0. The van der Waals surface area contributed by atoms with Crippen LogP contribution in [-0.2, 0) is 6.42 Å². The van der Waals surface area contributed by atoms with E-state index >= 15 is 0 Å². The van der Waals surface area contributed by atoms with E-state index in [1.807, 2.05) is 30.3 Å². The second-order valence-electron chi connectivity index (χ2n) is 3.65. The van der Waals surface area contributed by atoms with Crippen molar-refractivity contribution in [3.8, 4) is 0 Å². The number of nitrogens with two attached hydrogens (primary N) is 1. The molecule has 0 atom stereocenters. The molecule has 0 unspecified atom stereocenters. The fraction of sp³-hybridized carbons (Fsp3) is 0.154. The molecule has 0 aliphatic carbocycles. The average molecular weight is 214 g/mol. The van der Waals surface area contributed by atoms with E-state index in [0.717, 1.165) is 12.0 Å². The third-order valence-electron chi connectivity index (χ3n) is 2.46. The van der Waals surface area contributed by atoms with Crippen LogP contribution in [0.1, 0.15) is 21.6 Å². The first-order valence-electron chi connectivity index (χ1n) is 5.28. The summed E-state index contributed by atoms with van der Waals surface area (Å²) in [5, 5.41) is 0. The summed E-state index contributed by atoms with van der Waals surface area (Å²) in [6, 6.07) is 11.2. The molecule has 0 saturated carbocycles. The Morgan fingerprint density at radius 3 is 2.81 bits per heavy atom. The summed E-state index contributed by atoms with van der Waals surface area (Å²) in [6.45, 7) is 0.597. The lowest BCUT2D eigenvalue weighted by Gasteiger charge is -2.02. The Morgan fingerprint density at radius 1 is 1.25 bits per heavy atom. The number of H-pyrrole nitrogens is 1. The zero-order chi connectivity index (χ0) is 11.4. The van der Waals surface area contributed by atoms with Crippen molar-refractivity contribution in [2.24, 2.45) is 5.73 Å². The van der Waals surface area contributed by atoms with E-state index in [2.05, 4.69) is 4.98 Å². The topological polar surface area (TPSA) is 58.9 Å². The zero-order valence-corrected chi connectivity index (χ0v) is 8.94. The van der Waals surface area contributed by atoms with Crippen LogP contribution in [0, 0.1) is 0 Å². The van der Waals surface area contributed by atoms with Gasteiger partial charge in [0.2, 0.25) is 5.78 Å². The third kappa shape index (κ3) is 2.20. The molecule has 2 aromatic rings. The zero-order valence-electron chi connectivity index (χ0n) is 8.94. The highest BCUT2D eigenvalue weighted by molar-refractivity contribution is 6.07. The Balaban J connectivity index is 2.27. The highest BCUT2D eigenvalue weighted by Crippen LogP contribution is 2.10. The number of rotatable bonds is 4. The molecule has 16 heavy (non-hydrogen) atoms. The quantitative estimate of drug-likeness (QED) is 0.762. The van der Waals surface area contributed by atoms with Gasteiger partial charge in [0.15, 0.2) is 0 Å². The fourth-order valence-electron chi connectivity index (χ4n) is 1.66. The van der Waals surface area contributed by atoms with E-state index in [4.69, 9.17) is 5.73 Å². The summed E-state index contributed by atoms with van der Waals surface area (Å²) in [4.78, 5) is 14.9. The van der Waals surface area contributed by atoms with Crippen LogP contribution in [0.5, 0.6) is 0 Å².